The van der Waals surface area contributed by atoms with Crippen molar-refractivity contribution in [3.8, 4) is 0 Å². The molecule has 0 aliphatic rings. The van der Waals surface area contributed by atoms with Crippen LogP contribution < -0.4 is 10.6 Å². The van der Waals surface area contributed by atoms with Gasteiger partial charge in [0.25, 0.3) is 0 Å². The highest BCUT2D eigenvalue weighted by atomic mass is 79.9. The third kappa shape index (κ3) is 5.64. The molecule has 2 nitrogen and oxygen atoms in total. The molecule has 1 rings (SSSR count). The Bertz CT molecular complexity index is 289. The average Bonchev–Trinajstić information content (AvgIpc) is 2.30. The van der Waals surface area contributed by atoms with Crippen molar-refractivity contribution in [1.29, 1.82) is 0 Å². The van der Waals surface area contributed by atoms with Gasteiger partial charge in [0.15, 0.2) is 0 Å². The van der Waals surface area contributed by atoms with Crippen LogP contribution in [0.4, 0.5) is 0 Å². The van der Waals surface area contributed by atoms with Crippen molar-refractivity contribution < 1.29 is 0 Å². The molecule has 2 N–H and O–H groups in total. The van der Waals surface area contributed by atoms with Gasteiger partial charge in [0, 0.05) is 4.47 Å². The molecule has 0 saturated carbocycles. The zero-order chi connectivity index (χ0) is 11.6. The van der Waals surface area contributed by atoms with Gasteiger partial charge in [0.2, 0.25) is 0 Å². The van der Waals surface area contributed by atoms with Crippen LogP contribution in [0.5, 0.6) is 0 Å². The molecule has 1 aromatic rings. The smallest absolute Gasteiger partial charge is 0.0207 e. The Labute approximate surface area is 107 Å². The summed E-state index contributed by atoms with van der Waals surface area (Å²) in [6.07, 6.45) is 3.59. The molecular weight excluding hydrogens is 264 g/mol. The highest BCUT2D eigenvalue weighted by molar-refractivity contribution is 9.10. The van der Waals surface area contributed by atoms with Gasteiger partial charge >= 0.3 is 0 Å². The number of unbranched alkanes of at least 4 members (excludes halogenated alkanes) is 1. The molecule has 0 radical (unpaired) electrons. The van der Waals surface area contributed by atoms with Crippen LogP contribution in [0, 0.1) is 0 Å². The fourth-order valence-electron chi connectivity index (χ4n) is 1.60. The molecule has 0 spiro atoms. The fourth-order valence-corrected chi connectivity index (χ4v) is 2.08. The summed E-state index contributed by atoms with van der Waals surface area (Å²) in [4.78, 5) is 0. The molecule has 0 saturated heterocycles. The number of nitrogens with one attached hydrogen (secondary N) is 2. The van der Waals surface area contributed by atoms with Crippen LogP contribution in [0.15, 0.2) is 28.7 Å². The molecule has 0 unspecified atom stereocenters. The van der Waals surface area contributed by atoms with Crippen molar-refractivity contribution in [3.05, 3.63) is 34.3 Å². The second-order valence-corrected chi connectivity index (χ2v) is 4.76. The molecule has 1 aromatic carbocycles. The van der Waals surface area contributed by atoms with E-state index in [0.29, 0.717) is 0 Å². The summed E-state index contributed by atoms with van der Waals surface area (Å²) in [7, 11) is 2.00. The maximum atomic E-state index is 3.56. The normalized spacial score (nSPS) is 10.6. The molecular formula is C13H21BrN2. The number of halogens is 1. The quantitative estimate of drug-likeness (QED) is 0.717. The molecule has 0 heterocycles. The Kier molecular flexibility index (Phi) is 7.47. The maximum absolute atomic E-state index is 3.56. The number of rotatable bonds is 8. The Balaban J connectivity index is 2.05. The second kappa shape index (κ2) is 8.74. The van der Waals surface area contributed by atoms with Crippen LogP contribution in [-0.2, 0) is 6.42 Å². The first kappa shape index (κ1) is 13.7. The van der Waals surface area contributed by atoms with Gasteiger partial charge in [-0.05, 0) is 57.6 Å². The highest BCUT2D eigenvalue weighted by Gasteiger charge is 1.97. The monoisotopic (exact) mass is 284 g/mol. The lowest BCUT2D eigenvalue weighted by Crippen LogP contribution is -2.19. The SMILES string of the molecule is CNCCCCNCCc1ccccc1Br. The maximum Gasteiger partial charge on any atom is 0.0207 e. The van der Waals surface area contributed by atoms with E-state index in [-0.39, 0.29) is 0 Å². The van der Waals surface area contributed by atoms with Gasteiger partial charge in [-0.2, -0.15) is 0 Å². The van der Waals surface area contributed by atoms with E-state index in [4.69, 9.17) is 0 Å². The van der Waals surface area contributed by atoms with Crippen molar-refractivity contribution in [2.24, 2.45) is 0 Å². The van der Waals surface area contributed by atoms with Crippen molar-refractivity contribution >= 4 is 15.9 Å². The lowest BCUT2D eigenvalue weighted by atomic mass is 10.1. The van der Waals surface area contributed by atoms with E-state index in [1.54, 1.807) is 0 Å². The van der Waals surface area contributed by atoms with Crippen LogP contribution in [0.25, 0.3) is 0 Å². The van der Waals surface area contributed by atoms with Gasteiger partial charge in [-0.1, -0.05) is 34.1 Å². The van der Waals surface area contributed by atoms with Crippen LogP contribution in [-0.4, -0.2) is 26.7 Å². The summed E-state index contributed by atoms with van der Waals surface area (Å²) in [6.45, 7) is 3.29. The first-order chi connectivity index (χ1) is 7.84. The zero-order valence-electron chi connectivity index (χ0n) is 9.93. The topological polar surface area (TPSA) is 24.1 Å². The van der Waals surface area contributed by atoms with E-state index in [9.17, 15) is 0 Å². The third-order valence-corrected chi connectivity index (χ3v) is 3.33. The minimum absolute atomic E-state index is 1.06. The molecule has 16 heavy (non-hydrogen) atoms. The number of benzene rings is 1. The summed E-state index contributed by atoms with van der Waals surface area (Å²) >= 11 is 3.56. The van der Waals surface area contributed by atoms with Gasteiger partial charge in [0.1, 0.15) is 0 Å². The standard InChI is InChI=1S/C13H21BrN2/c1-15-9-4-5-10-16-11-8-12-6-2-3-7-13(12)14/h2-3,6-7,15-16H,4-5,8-11H2,1H3. The number of hydrogen-bond donors (Lipinski definition) is 2. The second-order valence-electron chi connectivity index (χ2n) is 3.90. The molecule has 0 aliphatic heterocycles. The molecule has 3 heteroatoms. The van der Waals surface area contributed by atoms with E-state index in [0.717, 1.165) is 26.1 Å². The molecule has 0 bridgehead atoms. The Morgan fingerprint density at radius 3 is 2.56 bits per heavy atom. The molecule has 0 atom stereocenters. The fraction of sp³-hybridized carbons (Fsp3) is 0.538. The summed E-state index contributed by atoms with van der Waals surface area (Å²) in [5, 5.41) is 6.63. The lowest BCUT2D eigenvalue weighted by Gasteiger charge is -2.06. The van der Waals surface area contributed by atoms with Crippen molar-refractivity contribution in [1.82, 2.24) is 10.6 Å². The Hall–Kier alpha value is -0.380. The predicted molar refractivity (Wildman–Crippen MR) is 73.9 cm³/mol. The van der Waals surface area contributed by atoms with E-state index < -0.39 is 0 Å². The summed E-state index contributed by atoms with van der Waals surface area (Å²) in [6, 6.07) is 8.42. The minimum Gasteiger partial charge on any atom is -0.320 e. The summed E-state index contributed by atoms with van der Waals surface area (Å²) in [5.41, 5.74) is 1.38. The Morgan fingerprint density at radius 2 is 1.81 bits per heavy atom. The highest BCUT2D eigenvalue weighted by Crippen LogP contribution is 2.15. The van der Waals surface area contributed by atoms with Gasteiger partial charge in [-0.25, -0.2) is 0 Å². The summed E-state index contributed by atoms with van der Waals surface area (Å²) < 4.78 is 1.21. The predicted octanol–water partition coefficient (Wildman–Crippen LogP) is 2.58. The van der Waals surface area contributed by atoms with Crippen LogP contribution in [0.1, 0.15) is 18.4 Å². The van der Waals surface area contributed by atoms with Crippen LogP contribution in [0.2, 0.25) is 0 Å². The van der Waals surface area contributed by atoms with E-state index in [2.05, 4.69) is 50.8 Å². The molecule has 0 amide bonds. The average molecular weight is 285 g/mol. The molecule has 0 fully saturated rings. The van der Waals surface area contributed by atoms with E-state index in [1.165, 1.54) is 22.9 Å². The number of hydrogen-bond acceptors (Lipinski definition) is 2. The van der Waals surface area contributed by atoms with Crippen LogP contribution in [0.3, 0.4) is 0 Å². The van der Waals surface area contributed by atoms with E-state index >= 15 is 0 Å². The lowest BCUT2D eigenvalue weighted by molar-refractivity contribution is 0.606. The van der Waals surface area contributed by atoms with E-state index in [1.807, 2.05) is 7.05 Å². The van der Waals surface area contributed by atoms with Gasteiger partial charge in [-0.3, -0.25) is 0 Å². The first-order valence-corrected chi connectivity index (χ1v) is 6.72. The first-order valence-electron chi connectivity index (χ1n) is 5.93. The molecule has 0 aromatic heterocycles. The largest absolute Gasteiger partial charge is 0.320 e. The van der Waals surface area contributed by atoms with Gasteiger partial charge in [-0.15, -0.1) is 0 Å². The summed E-state index contributed by atoms with van der Waals surface area (Å²) in [5.74, 6) is 0. The molecule has 90 valence electrons. The third-order valence-electron chi connectivity index (χ3n) is 2.56. The Morgan fingerprint density at radius 1 is 1.06 bits per heavy atom. The van der Waals surface area contributed by atoms with Crippen molar-refractivity contribution in [2.45, 2.75) is 19.3 Å². The zero-order valence-corrected chi connectivity index (χ0v) is 11.5. The van der Waals surface area contributed by atoms with Crippen molar-refractivity contribution in [3.63, 3.8) is 0 Å². The van der Waals surface area contributed by atoms with Gasteiger partial charge < -0.3 is 10.6 Å². The molecule has 0 aliphatic carbocycles. The van der Waals surface area contributed by atoms with Crippen molar-refractivity contribution in [2.75, 3.05) is 26.7 Å². The van der Waals surface area contributed by atoms with Gasteiger partial charge in [0.05, 0.1) is 0 Å². The minimum atomic E-state index is 1.06. The van der Waals surface area contributed by atoms with Crippen LogP contribution >= 0.6 is 15.9 Å².